The second-order valence-electron chi connectivity index (χ2n) is 7.27. The Kier molecular flexibility index (Phi) is 7.51. The first-order valence-electron chi connectivity index (χ1n) is 10.1. The molecule has 1 saturated carbocycles. The molecule has 0 spiro atoms. The second-order valence-corrected chi connectivity index (χ2v) is 7.27. The Morgan fingerprint density at radius 2 is 1.89 bits per heavy atom. The van der Waals surface area contributed by atoms with Crippen LogP contribution in [0.4, 0.5) is 5.69 Å². The lowest BCUT2D eigenvalue weighted by atomic mass is 9.98. The van der Waals surface area contributed by atoms with E-state index in [1.54, 1.807) is 17.0 Å². The molecule has 6 nitrogen and oxygen atoms in total. The van der Waals surface area contributed by atoms with Crippen molar-refractivity contribution >= 4 is 17.5 Å². The van der Waals surface area contributed by atoms with E-state index in [9.17, 15) is 9.59 Å². The van der Waals surface area contributed by atoms with Gasteiger partial charge in [0.25, 0.3) is 5.91 Å². The minimum atomic E-state index is -0.133. The number of carbonyl (C=O) groups is 2. The van der Waals surface area contributed by atoms with Crippen LogP contribution in [0.25, 0.3) is 0 Å². The molecule has 0 radical (unpaired) electrons. The van der Waals surface area contributed by atoms with E-state index in [1.165, 1.54) is 32.1 Å². The van der Waals surface area contributed by atoms with Gasteiger partial charge in [-0.05, 0) is 49.9 Å². The molecule has 1 aliphatic carbocycles. The predicted molar refractivity (Wildman–Crippen MR) is 104 cm³/mol. The molecule has 1 heterocycles. The summed E-state index contributed by atoms with van der Waals surface area (Å²) in [6.07, 6.45) is 8.97. The summed E-state index contributed by atoms with van der Waals surface area (Å²) in [7, 11) is 0. The van der Waals surface area contributed by atoms with Gasteiger partial charge in [0, 0.05) is 31.8 Å². The summed E-state index contributed by atoms with van der Waals surface area (Å²) in [5.74, 6) is 0.656. The summed E-state index contributed by atoms with van der Waals surface area (Å²) in [6.45, 7) is 2.06. The van der Waals surface area contributed by atoms with Gasteiger partial charge >= 0.3 is 0 Å². The van der Waals surface area contributed by atoms with Crippen LogP contribution in [0.15, 0.2) is 24.3 Å². The molecule has 2 aliphatic rings. The van der Waals surface area contributed by atoms with E-state index in [1.807, 2.05) is 12.1 Å². The fourth-order valence-electron chi connectivity index (χ4n) is 3.63. The van der Waals surface area contributed by atoms with E-state index in [-0.39, 0.29) is 18.4 Å². The number of amides is 2. The molecule has 2 amide bonds. The van der Waals surface area contributed by atoms with Crippen molar-refractivity contribution in [2.75, 3.05) is 31.2 Å². The van der Waals surface area contributed by atoms with Crippen LogP contribution in [-0.2, 0) is 14.3 Å². The van der Waals surface area contributed by atoms with Gasteiger partial charge in [0.05, 0.1) is 6.10 Å². The second kappa shape index (κ2) is 10.3. The molecule has 0 aromatic heterocycles. The van der Waals surface area contributed by atoms with Gasteiger partial charge in [-0.3, -0.25) is 9.59 Å². The van der Waals surface area contributed by atoms with E-state index >= 15 is 0 Å². The lowest BCUT2D eigenvalue weighted by molar-refractivity contribution is -0.123. The highest BCUT2D eigenvalue weighted by Gasteiger charge is 2.21. The highest BCUT2D eigenvalue weighted by molar-refractivity contribution is 5.95. The fraction of sp³-hybridized carbons (Fsp3) is 0.619. The van der Waals surface area contributed by atoms with E-state index in [4.69, 9.17) is 9.47 Å². The zero-order valence-electron chi connectivity index (χ0n) is 16.0. The van der Waals surface area contributed by atoms with E-state index in [2.05, 4.69) is 5.32 Å². The van der Waals surface area contributed by atoms with Crippen molar-refractivity contribution in [1.29, 1.82) is 0 Å². The Bertz CT molecular complexity index is 611. The maximum absolute atomic E-state index is 11.9. The molecular formula is C21H30N2O4. The SMILES string of the molecule is O=C(COc1ccc(N2CCCC2=O)cc1)NCCCOC1CCCCC1. The molecule has 1 aromatic rings. The van der Waals surface area contributed by atoms with Crippen molar-refractivity contribution < 1.29 is 19.1 Å². The molecule has 6 heteroatoms. The van der Waals surface area contributed by atoms with Gasteiger partial charge in [-0.15, -0.1) is 0 Å². The third-order valence-corrected chi connectivity index (χ3v) is 5.14. The average molecular weight is 374 g/mol. The molecule has 3 rings (SSSR count). The van der Waals surface area contributed by atoms with Gasteiger partial charge < -0.3 is 19.7 Å². The van der Waals surface area contributed by atoms with E-state index in [0.29, 0.717) is 31.4 Å². The van der Waals surface area contributed by atoms with Gasteiger partial charge in [0.15, 0.2) is 6.61 Å². The number of benzene rings is 1. The van der Waals surface area contributed by atoms with Crippen molar-refractivity contribution in [1.82, 2.24) is 5.32 Å². The van der Waals surface area contributed by atoms with Gasteiger partial charge in [0.1, 0.15) is 5.75 Å². The van der Waals surface area contributed by atoms with Crippen LogP contribution in [0, 0.1) is 0 Å². The van der Waals surface area contributed by atoms with Gasteiger partial charge in [-0.1, -0.05) is 19.3 Å². The van der Waals surface area contributed by atoms with Crippen molar-refractivity contribution in [2.45, 2.75) is 57.5 Å². The third-order valence-electron chi connectivity index (χ3n) is 5.14. The van der Waals surface area contributed by atoms with E-state index in [0.717, 1.165) is 25.1 Å². The lowest BCUT2D eigenvalue weighted by Gasteiger charge is -2.21. The Hall–Kier alpha value is -2.08. The van der Waals surface area contributed by atoms with Crippen LogP contribution < -0.4 is 15.0 Å². The normalized spacial score (nSPS) is 17.9. The quantitative estimate of drug-likeness (QED) is 0.675. The largest absolute Gasteiger partial charge is 0.484 e. The number of rotatable bonds is 9. The van der Waals surface area contributed by atoms with Gasteiger partial charge in [-0.2, -0.15) is 0 Å². The summed E-state index contributed by atoms with van der Waals surface area (Å²) >= 11 is 0. The summed E-state index contributed by atoms with van der Waals surface area (Å²) in [6, 6.07) is 7.32. The van der Waals surface area contributed by atoms with Crippen molar-refractivity contribution in [3.05, 3.63) is 24.3 Å². The van der Waals surface area contributed by atoms with Crippen molar-refractivity contribution in [2.24, 2.45) is 0 Å². The molecule has 1 aromatic carbocycles. The topological polar surface area (TPSA) is 67.9 Å². The highest BCUT2D eigenvalue weighted by Crippen LogP contribution is 2.24. The smallest absolute Gasteiger partial charge is 0.257 e. The number of anilines is 1. The monoisotopic (exact) mass is 374 g/mol. The Labute approximate surface area is 161 Å². The van der Waals surface area contributed by atoms with Crippen LogP contribution in [0.3, 0.4) is 0 Å². The lowest BCUT2D eigenvalue weighted by Crippen LogP contribution is -2.30. The molecule has 0 bridgehead atoms. The van der Waals surface area contributed by atoms with Crippen LogP contribution in [-0.4, -0.2) is 44.2 Å². The third kappa shape index (κ3) is 6.24. The first-order chi connectivity index (χ1) is 13.2. The Morgan fingerprint density at radius 3 is 2.59 bits per heavy atom. The highest BCUT2D eigenvalue weighted by atomic mass is 16.5. The summed E-state index contributed by atoms with van der Waals surface area (Å²) in [5.41, 5.74) is 0.882. The molecule has 148 valence electrons. The first-order valence-corrected chi connectivity index (χ1v) is 10.1. The Morgan fingerprint density at radius 1 is 1.11 bits per heavy atom. The molecular weight excluding hydrogens is 344 g/mol. The Balaban J connectivity index is 1.28. The molecule has 0 unspecified atom stereocenters. The van der Waals surface area contributed by atoms with Gasteiger partial charge in [-0.25, -0.2) is 0 Å². The number of nitrogens with zero attached hydrogens (tertiary/aromatic N) is 1. The van der Waals surface area contributed by atoms with E-state index < -0.39 is 0 Å². The molecule has 27 heavy (non-hydrogen) atoms. The van der Waals surface area contributed by atoms with Crippen LogP contribution in [0.5, 0.6) is 5.75 Å². The molecule has 1 aliphatic heterocycles. The molecule has 0 atom stereocenters. The molecule has 2 fully saturated rings. The first kappa shape index (κ1) is 19.7. The number of nitrogens with one attached hydrogen (secondary N) is 1. The maximum atomic E-state index is 11.9. The fourth-order valence-corrected chi connectivity index (χ4v) is 3.63. The summed E-state index contributed by atoms with van der Waals surface area (Å²) in [4.78, 5) is 25.4. The van der Waals surface area contributed by atoms with Crippen LogP contribution in [0.1, 0.15) is 51.4 Å². The summed E-state index contributed by atoms with van der Waals surface area (Å²) in [5, 5.41) is 2.86. The zero-order valence-corrected chi connectivity index (χ0v) is 16.0. The molecule has 1 N–H and O–H groups in total. The number of ether oxygens (including phenoxy) is 2. The van der Waals surface area contributed by atoms with Crippen molar-refractivity contribution in [3.8, 4) is 5.75 Å². The van der Waals surface area contributed by atoms with Gasteiger partial charge in [0.2, 0.25) is 5.91 Å². The minimum Gasteiger partial charge on any atom is -0.484 e. The number of carbonyl (C=O) groups excluding carboxylic acids is 2. The average Bonchev–Trinajstić information content (AvgIpc) is 3.13. The summed E-state index contributed by atoms with van der Waals surface area (Å²) < 4.78 is 11.4. The standard InChI is InChI=1S/C21H30N2O4/c24-20(22-13-5-15-26-18-6-2-1-3-7-18)16-27-19-11-9-17(10-12-19)23-14-4-8-21(23)25/h9-12,18H,1-8,13-16H2,(H,22,24). The number of hydrogen-bond acceptors (Lipinski definition) is 4. The van der Waals surface area contributed by atoms with Crippen molar-refractivity contribution in [3.63, 3.8) is 0 Å². The van der Waals surface area contributed by atoms with Crippen LogP contribution >= 0.6 is 0 Å². The number of hydrogen-bond donors (Lipinski definition) is 1. The maximum Gasteiger partial charge on any atom is 0.257 e. The van der Waals surface area contributed by atoms with Crippen LogP contribution in [0.2, 0.25) is 0 Å². The predicted octanol–water partition coefficient (Wildman–Crippen LogP) is 3.05. The zero-order chi connectivity index (χ0) is 18.9. The minimum absolute atomic E-state index is 0.00846. The molecule has 1 saturated heterocycles.